The molecule has 1 aliphatic heterocycles. The van der Waals surface area contributed by atoms with Crippen LogP contribution in [0.25, 0.3) is 0 Å². The molecule has 1 unspecified atom stereocenters. The second kappa shape index (κ2) is 14.7. The van der Waals surface area contributed by atoms with E-state index in [0.717, 1.165) is 0 Å². The number of carbonyl (C=O) groups excluding carboxylic acids is 4. The molecule has 254 valence electrons. The molecule has 1 heterocycles. The number of nitrogens with zero attached hydrogens (tertiary/aromatic N) is 1. The van der Waals surface area contributed by atoms with Crippen LogP contribution in [0.4, 0.5) is 0 Å². The molecule has 0 spiro atoms. The molecule has 0 aromatic heterocycles. The van der Waals surface area contributed by atoms with Gasteiger partial charge in [0.05, 0.1) is 0 Å². The van der Waals surface area contributed by atoms with Crippen LogP contribution in [0.2, 0.25) is 0 Å². The summed E-state index contributed by atoms with van der Waals surface area (Å²) < 4.78 is 13.3. The second-order valence-electron chi connectivity index (χ2n) is 12.1. The van der Waals surface area contributed by atoms with Gasteiger partial charge in [0, 0.05) is 0 Å². The molecular formula is C39H40NO8P. The molecule has 0 radical (unpaired) electrons. The molecule has 1 amide bonds. The maximum atomic E-state index is 14.9. The number of carbonyl (C=O) groups is 4. The topological polar surface area (TPSA) is 130 Å². The average Bonchev–Trinajstić information content (AvgIpc) is 3.11. The van der Waals surface area contributed by atoms with Crippen molar-refractivity contribution < 1.29 is 38.4 Å². The first-order valence-electron chi connectivity index (χ1n) is 16.0. The van der Waals surface area contributed by atoms with Crippen molar-refractivity contribution in [2.75, 3.05) is 0 Å². The number of aliphatic hydroxyl groups is 2. The molecular weight excluding hydrogens is 641 g/mol. The van der Waals surface area contributed by atoms with Gasteiger partial charge in [-0.05, 0) is 0 Å². The summed E-state index contributed by atoms with van der Waals surface area (Å²) in [4.78, 5) is 56.8. The van der Waals surface area contributed by atoms with Crippen molar-refractivity contribution in [3.8, 4) is 0 Å². The van der Waals surface area contributed by atoms with Crippen LogP contribution in [0.5, 0.6) is 0 Å². The molecule has 0 saturated carbocycles. The summed E-state index contributed by atoms with van der Waals surface area (Å²) in [6, 6.07) is 30.8. The van der Waals surface area contributed by atoms with Crippen LogP contribution in [0.15, 0.2) is 128 Å². The number of hydrogen-bond donors (Lipinski definition) is 2. The zero-order valence-corrected chi connectivity index (χ0v) is 28.3. The Bertz CT molecular complexity index is 1730. The first kappa shape index (κ1) is 35.4. The summed E-state index contributed by atoms with van der Waals surface area (Å²) in [5.41, 5.74) is 0.877. The quantitative estimate of drug-likeness (QED) is 0.0869. The fraction of sp³-hybridized carbons (Fsp3) is 0.231. The number of β-lactam (4-membered cyclic amide) rings is 1. The van der Waals surface area contributed by atoms with Gasteiger partial charge in [0.1, 0.15) is 0 Å². The minimum absolute atomic E-state index is 0.0489. The Kier molecular flexibility index (Phi) is 10.6. The molecule has 10 heteroatoms. The minimum atomic E-state index is -4.95. The van der Waals surface area contributed by atoms with Crippen LogP contribution < -0.4 is 15.9 Å². The molecule has 2 N–H and O–H groups in total. The van der Waals surface area contributed by atoms with E-state index in [1.165, 1.54) is 24.8 Å². The van der Waals surface area contributed by atoms with Crippen LogP contribution >= 0.6 is 7.06 Å². The van der Waals surface area contributed by atoms with Crippen molar-refractivity contribution >= 4 is 46.6 Å². The normalized spacial score (nSPS) is 17.8. The number of amides is 1. The first-order chi connectivity index (χ1) is 23.6. The van der Waals surface area contributed by atoms with Crippen molar-refractivity contribution in [2.24, 2.45) is 5.92 Å². The van der Waals surface area contributed by atoms with E-state index >= 15 is 0 Å². The van der Waals surface area contributed by atoms with Gasteiger partial charge in [0.2, 0.25) is 0 Å². The molecule has 5 rings (SSSR count). The average molecular weight is 682 g/mol. The summed E-state index contributed by atoms with van der Waals surface area (Å²) >= 11 is 0. The van der Waals surface area contributed by atoms with E-state index in [-0.39, 0.29) is 25.2 Å². The molecule has 1 fully saturated rings. The number of hydrogen-bond acceptors (Lipinski definition) is 8. The predicted molar refractivity (Wildman–Crippen MR) is 189 cm³/mol. The van der Waals surface area contributed by atoms with E-state index in [0.29, 0.717) is 27.0 Å². The number of Topliss-reactive ketones (excluding diaryl/α,β-unsaturated/α-hetero) is 1. The van der Waals surface area contributed by atoms with Crippen LogP contribution in [-0.2, 0) is 30.0 Å². The number of rotatable bonds is 14. The third-order valence-electron chi connectivity index (χ3n) is 8.90. The van der Waals surface area contributed by atoms with Gasteiger partial charge in [-0.2, -0.15) is 0 Å². The van der Waals surface area contributed by atoms with E-state index in [1.807, 2.05) is 0 Å². The third kappa shape index (κ3) is 6.45. The maximum absolute atomic E-state index is 14.9. The van der Waals surface area contributed by atoms with Crippen molar-refractivity contribution in [2.45, 2.75) is 51.5 Å². The van der Waals surface area contributed by atoms with Crippen LogP contribution in [0.1, 0.15) is 42.6 Å². The van der Waals surface area contributed by atoms with Crippen molar-refractivity contribution in [3.63, 3.8) is 0 Å². The zero-order valence-electron chi connectivity index (χ0n) is 27.4. The predicted octanol–water partition coefficient (Wildman–Crippen LogP) is 4.37. The SMILES string of the molecule is C=CCC(C(=O)OP(OC(C)=O)(c1ccccc1)(c1ccccc1)c1ccccc1)N1C(=O)[C@H]([C@@H](C)O)[C@H]1CC(=O)c1cccc(CO)c1. The summed E-state index contributed by atoms with van der Waals surface area (Å²) in [6.07, 6.45) is 0.129. The van der Waals surface area contributed by atoms with Crippen molar-refractivity contribution in [1.82, 2.24) is 4.90 Å². The monoisotopic (exact) mass is 681 g/mol. The molecule has 9 nitrogen and oxygen atoms in total. The fourth-order valence-corrected chi connectivity index (χ4v) is 11.4. The van der Waals surface area contributed by atoms with Crippen molar-refractivity contribution in [3.05, 3.63) is 139 Å². The molecule has 1 aliphatic rings. The first-order valence-corrected chi connectivity index (χ1v) is 18.1. The van der Waals surface area contributed by atoms with Gasteiger partial charge >= 0.3 is 286 Å². The molecule has 0 bridgehead atoms. The van der Waals surface area contributed by atoms with Gasteiger partial charge in [-0.25, -0.2) is 0 Å². The number of ketones is 1. The Morgan fingerprint density at radius 2 is 1.39 bits per heavy atom. The van der Waals surface area contributed by atoms with Gasteiger partial charge in [0.25, 0.3) is 0 Å². The number of aliphatic hydroxyl groups excluding tert-OH is 2. The Morgan fingerprint density at radius 3 is 1.84 bits per heavy atom. The fourth-order valence-electron chi connectivity index (χ4n) is 6.72. The molecule has 4 aromatic rings. The van der Waals surface area contributed by atoms with Crippen LogP contribution in [0.3, 0.4) is 0 Å². The van der Waals surface area contributed by atoms with Gasteiger partial charge in [-0.15, -0.1) is 0 Å². The summed E-state index contributed by atoms with van der Waals surface area (Å²) in [7, 11) is -4.95. The Hall–Kier alpha value is -4.95. The van der Waals surface area contributed by atoms with E-state index in [2.05, 4.69) is 6.58 Å². The van der Waals surface area contributed by atoms with Gasteiger partial charge in [0.15, 0.2) is 0 Å². The van der Waals surface area contributed by atoms with Gasteiger partial charge < -0.3 is 0 Å². The zero-order chi connectivity index (χ0) is 35.2. The summed E-state index contributed by atoms with van der Waals surface area (Å²) in [5.74, 6) is -3.36. The van der Waals surface area contributed by atoms with Gasteiger partial charge in [-0.1, -0.05) is 0 Å². The van der Waals surface area contributed by atoms with Crippen LogP contribution in [-0.4, -0.2) is 56.9 Å². The van der Waals surface area contributed by atoms with E-state index in [1.54, 1.807) is 115 Å². The molecule has 4 atom stereocenters. The van der Waals surface area contributed by atoms with Crippen LogP contribution in [0, 0.1) is 5.92 Å². The molecule has 4 aromatic carbocycles. The summed E-state index contributed by atoms with van der Waals surface area (Å²) in [5, 5.41) is 21.6. The second-order valence-corrected chi connectivity index (χ2v) is 15.9. The summed E-state index contributed by atoms with van der Waals surface area (Å²) in [6.45, 7) is 6.30. The van der Waals surface area contributed by atoms with Crippen molar-refractivity contribution in [1.29, 1.82) is 0 Å². The van der Waals surface area contributed by atoms with E-state index < -0.39 is 49.0 Å². The standard InChI is InChI=1S/C39H40NO8P/c1-4-15-34(40-35(37(27(2)42)38(40)45)25-36(44)30-17-14-16-29(24-30)26-41)39(46)48-49(47-28(3)43,31-18-8-5-9-19-31,32-20-10-6-11-21-32)33-22-12-7-13-23-33/h4-14,16-24,27,34-35,37,41-42H,1,15,25-26H2,2-3H3/t27-,34?,35-,37-/m1/s1. The molecule has 1 saturated heterocycles. The third-order valence-corrected chi connectivity index (χ3v) is 13.7. The van der Waals surface area contributed by atoms with E-state index in [9.17, 15) is 29.4 Å². The van der Waals surface area contributed by atoms with E-state index in [4.69, 9.17) is 9.05 Å². The molecule has 0 aliphatic carbocycles. The Labute approximate surface area is 285 Å². The number of likely N-dealkylation sites (tertiary alicyclic amines) is 1. The molecule has 49 heavy (non-hydrogen) atoms. The van der Waals surface area contributed by atoms with Gasteiger partial charge in [-0.3, -0.25) is 0 Å². The number of benzene rings is 4. The Balaban J connectivity index is 1.66. The Morgan fingerprint density at radius 1 is 0.857 bits per heavy atom.